The molecule has 0 saturated carbocycles. The summed E-state index contributed by atoms with van der Waals surface area (Å²) in [5, 5.41) is 8.17. The molecule has 0 aliphatic heterocycles. The lowest BCUT2D eigenvalue weighted by atomic mass is 10.1. The fourth-order valence-electron chi connectivity index (χ4n) is 0.679. The lowest BCUT2D eigenvalue weighted by Gasteiger charge is -1.93. The number of hydrogen-bond acceptors (Lipinski definition) is 4. The number of rotatable bonds is 6. The number of carbonyl (C=O) groups excluding carboxylic acids is 3. The van der Waals surface area contributed by atoms with Gasteiger partial charge in [0, 0.05) is 12.5 Å². The molecule has 0 saturated heterocycles. The van der Waals surface area contributed by atoms with Gasteiger partial charge in [0.25, 0.3) is 0 Å². The Morgan fingerprint density at radius 2 is 1.77 bits per heavy atom. The molecule has 0 aromatic heterocycles. The van der Waals surface area contributed by atoms with Gasteiger partial charge in [-0.1, -0.05) is 0 Å². The molecule has 0 atom stereocenters. The van der Waals surface area contributed by atoms with Crippen molar-refractivity contribution in [1.82, 2.24) is 0 Å². The van der Waals surface area contributed by atoms with E-state index < -0.39 is 30.4 Å². The number of allylic oxidation sites excluding steroid dienone is 1. The molecule has 70 valence electrons. The van der Waals surface area contributed by atoms with Crippen LogP contribution in [0.4, 0.5) is 0 Å². The van der Waals surface area contributed by atoms with E-state index in [2.05, 4.69) is 0 Å². The highest BCUT2D eigenvalue weighted by Gasteiger charge is 2.11. The lowest BCUT2D eigenvalue weighted by Crippen LogP contribution is -2.11. The van der Waals surface area contributed by atoms with E-state index in [1.54, 1.807) is 0 Å². The van der Waals surface area contributed by atoms with Crippen molar-refractivity contribution in [2.24, 2.45) is 0 Å². The molecule has 0 aliphatic rings. The van der Waals surface area contributed by atoms with Gasteiger partial charge in [0.2, 0.25) is 0 Å². The molecule has 0 fully saturated rings. The minimum Gasteiger partial charge on any atom is -0.481 e. The lowest BCUT2D eigenvalue weighted by molar-refractivity contribution is -0.140. The van der Waals surface area contributed by atoms with Crippen molar-refractivity contribution in [3.8, 4) is 0 Å². The van der Waals surface area contributed by atoms with Crippen molar-refractivity contribution in [2.75, 3.05) is 0 Å². The summed E-state index contributed by atoms with van der Waals surface area (Å²) in [5.41, 5.74) is 0. The van der Waals surface area contributed by atoms with E-state index >= 15 is 0 Å². The minimum absolute atomic E-state index is 0.172. The van der Waals surface area contributed by atoms with E-state index in [-0.39, 0.29) is 6.42 Å². The first-order chi connectivity index (χ1) is 6.06. The number of Topliss-reactive ketones (excluding diaryl/α,β-unsaturated/α-hetero) is 2. The summed E-state index contributed by atoms with van der Waals surface area (Å²) in [6.07, 6.45) is -0.313. The number of carboxylic acids is 1. The number of aliphatic carboxylic acids is 1. The fraction of sp³-hybridized carbons (Fsp3) is 0.375. The minimum atomic E-state index is -1.26. The van der Waals surface area contributed by atoms with Gasteiger partial charge in [0.1, 0.15) is 18.1 Å². The summed E-state index contributed by atoms with van der Waals surface area (Å²) in [6.45, 7) is 0. The molecule has 0 bridgehead atoms. The van der Waals surface area contributed by atoms with Gasteiger partial charge in [-0.15, -0.1) is 0 Å². The highest BCUT2D eigenvalue weighted by atomic mass is 16.4. The second-order valence-electron chi connectivity index (χ2n) is 2.35. The molecule has 5 nitrogen and oxygen atoms in total. The van der Waals surface area contributed by atoms with Gasteiger partial charge in [-0.25, -0.2) is 4.79 Å². The topological polar surface area (TPSA) is 88.5 Å². The molecule has 0 aliphatic carbocycles. The largest absolute Gasteiger partial charge is 0.481 e. The Bertz CT molecular complexity index is 258. The molecule has 0 spiro atoms. The molecule has 1 N–H and O–H groups in total. The van der Waals surface area contributed by atoms with Crippen molar-refractivity contribution in [2.45, 2.75) is 19.3 Å². The van der Waals surface area contributed by atoms with E-state index in [0.29, 0.717) is 0 Å². The quantitative estimate of drug-likeness (QED) is 0.455. The van der Waals surface area contributed by atoms with Crippen LogP contribution in [0.5, 0.6) is 0 Å². The van der Waals surface area contributed by atoms with Crippen LogP contribution in [0.25, 0.3) is 0 Å². The van der Waals surface area contributed by atoms with Crippen molar-refractivity contribution >= 4 is 23.5 Å². The summed E-state index contributed by atoms with van der Waals surface area (Å²) >= 11 is 0. The van der Waals surface area contributed by atoms with Crippen LogP contribution < -0.4 is 0 Å². The molecule has 0 heterocycles. The highest BCUT2D eigenvalue weighted by molar-refractivity contribution is 6.05. The third-order valence-corrected chi connectivity index (χ3v) is 1.16. The molecule has 0 rings (SSSR count). The first-order valence-corrected chi connectivity index (χ1v) is 3.50. The number of ketones is 2. The Kier molecular flexibility index (Phi) is 5.07. The normalized spacial score (nSPS) is 8.62. The Morgan fingerprint density at radius 3 is 2.23 bits per heavy atom. The van der Waals surface area contributed by atoms with Gasteiger partial charge >= 0.3 is 5.97 Å². The predicted octanol–water partition coefficient (Wildman–Crippen LogP) is -0.233. The van der Waals surface area contributed by atoms with Gasteiger partial charge < -0.3 is 5.11 Å². The Balaban J connectivity index is 3.85. The van der Waals surface area contributed by atoms with Gasteiger partial charge in [-0.2, -0.15) is 0 Å². The van der Waals surface area contributed by atoms with Crippen molar-refractivity contribution in [3.05, 3.63) is 6.08 Å². The zero-order valence-corrected chi connectivity index (χ0v) is 6.78. The van der Waals surface area contributed by atoms with Gasteiger partial charge in [0.15, 0.2) is 5.78 Å². The van der Waals surface area contributed by atoms with Crippen LogP contribution in [-0.4, -0.2) is 28.6 Å². The Hall–Kier alpha value is -1.74. The zero-order chi connectivity index (χ0) is 10.3. The SMILES string of the molecule is O=C=CCC(=O)CC(=O)CC(=O)O. The molecule has 0 amide bonds. The smallest absolute Gasteiger partial charge is 0.310 e. The van der Waals surface area contributed by atoms with Crippen LogP contribution in [0.2, 0.25) is 0 Å². The first kappa shape index (κ1) is 11.3. The molecule has 13 heavy (non-hydrogen) atoms. The van der Waals surface area contributed by atoms with Crippen molar-refractivity contribution < 1.29 is 24.3 Å². The third-order valence-electron chi connectivity index (χ3n) is 1.16. The van der Waals surface area contributed by atoms with E-state index in [1.165, 1.54) is 5.94 Å². The monoisotopic (exact) mass is 184 g/mol. The van der Waals surface area contributed by atoms with E-state index in [0.717, 1.165) is 6.08 Å². The van der Waals surface area contributed by atoms with Crippen molar-refractivity contribution in [1.29, 1.82) is 0 Å². The van der Waals surface area contributed by atoms with E-state index in [9.17, 15) is 19.2 Å². The fourth-order valence-corrected chi connectivity index (χ4v) is 0.679. The van der Waals surface area contributed by atoms with Crippen LogP contribution in [0.1, 0.15) is 19.3 Å². The maximum atomic E-state index is 10.8. The molecule has 5 heteroatoms. The maximum Gasteiger partial charge on any atom is 0.310 e. The Labute approximate surface area is 74.0 Å². The second kappa shape index (κ2) is 5.85. The van der Waals surface area contributed by atoms with Crippen LogP contribution in [-0.2, 0) is 19.2 Å². The Morgan fingerprint density at radius 1 is 1.15 bits per heavy atom. The molecule has 0 unspecified atom stereocenters. The standard InChI is InChI=1S/C8H8O5/c9-3-1-2-6(10)4-7(11)5-8(12)13/h1H,2,4-5H2,(H,12,13). The molecular weight excluding hydrogens is 176 g/mol. The molecule has 0 aromatic carbocycles. The van der Waals surface area contributed by atoms with Crippen LogP contribution in [0, 0.1) is 0 Å². The average Bonchev–Trinajstić information content (AvgIpc) is 1.98. The van der Waals surface area contributed by atoms with Crippen LogP contribution in [0.15, 0.2) is 6.08 Å². The van der Waals surface area contributed by atoms with Gasteiger partial charge in [-0.05, 0) is 0 Å². The third kappa shape index (κ3) is 6.65. The summed E-state index contributed by atoms with van der Waals surface area (Å²) in [7, 11) is 0. The molecular formula is C8H8O5. The summed E-state index contributed by atoms with van der Waals surface area (Å²) in [4.78, 5) is 41.1. The number of carboxylic acid groups (broad SMARTS) is 1. The zero-order valence-electron chi connectivity index (χ0n) is 6.78. The summed E-state index contributed by atoms with van der Waals surface area (Å²) in [5.74, 6) is -1.00. The van der Waals surface area contributed by atoms with Crippen LogP contribution in [0.3, 0.4) is 0 Å². The predicted molar refractivity (Wildman–Crippen MR) is 41.8 cm³/mol. The number of carbonyl (C=O) groups is 3. The number of hydrogen-bond donors (Lipinski definition) is 1. The van der Waals surface area contributed by atoms with E-state index in [1.807, 2.05) is 0 Å². The average molecular weight is 184 g/mol. The van der Waals surface area contributed by atoms with E-state index in [4.69, 9.17) is 5.11 Å². The van der Waals surface area contributed by atoms with Crippen molar-refractivity contribution in [3.63, 3.8) is 0 Å². The van der Waals surface area contributed by atoms with Gasteiger partial charge in [0.05, 0.1) is 6.42 Å². The van der Waals surface area contributed by atoms with Crippen LogP contribution >= 0.6 is 0 Å². The highest BCUT2D eigenvalue weighted by Crippen LogP contribution is 1.95. The molecule has 0 radical (unpaired) electrons. The maximum absolute atomic E-state index is 10.8. The summed E-state index contributed by atoms with van der Waals surface area (Å²) in [6, 6.07) is 0. The first-order valence-electron chi connectivity index (χ1n) is 3.50. The molecule has 0 aromatic rings. The van der Waals surface area contributed by atoms with Gasteiger partial charge in [-0.3, -0.25) is 14.4 Å². The second-order valence-corrected chi connectivity index (χ2v) is 2.35. The summed E-state index contributed by atoms with van der Waals surface area (Å²) < 4.78 is 0.